The summed E-state index contributed by atoms with van der Waals surface area (Å²) in [5.74, 6) is 0.597. The summed E-state index contributed by atoms with van der Waals surface area (Å²) in [5, 5.41) is 9.29. The number of aromatic nitrogens is 3. The van der Waals surface area contributed by atoms with E-state index in [-0.39, 0.29) is 0 Å². The molecule has 0 bridgehead atoms. The first-order chi connectivity index (χ1) is 9.28. The number of rotatable bonds is 3. The highest BCUT2D eigenvalue weighted by molar-refractivity contribution is 5.85. The fourth-order valence-corrected chi connectivity index (χ4v) is 2.28. The van der Waals surface area contributed by atoms with Gasteiger partial charge in [0.2, 0.25) is 0 Å². The highest BCUT2D eigenvalue weighted by Crippen LogP contribution is 2.26. The Labute approximate surface area is 112 Å². The van der Waals surface area contributed by atoms with Gasteiger partial charge in [0.15, 0.2) is 0 Å². The van der Waals surface area contributed by atoms with Gasteiger partial charge in [0.25, 0.3) is 0 Å². The molecule has 3 nitrogen and oxygen atoms in total. The van der Waals surface area contributed by atoms with Gasteiger partial charge in [-0.25, -0.2) is 0 Å². The van der Waals surface area contributed by atoms with Crippen molar-refractivity contribution in [1.82, 2.24) is 15.2 Å². The number of aromatic amines is 1. The normalized spacial score (nSPS) is 12.7. The van der Waals surface area contributed by atoms with Crippen molar-refractivity contribution in [2.75, 3.05) is 0 Å². The molecule has 0 saturated heterocycles. The number of hydrogen-bond acceptors (Lipinski definition) is 2. The lowest BCUT2D eigenvalue weighted by Crippen LogP contribution is -1.89. The first kappa shape index (κ1) is 11.9. The van der Waals surface area contributed by atoms with Gasteiger partial charge >= 0.3 is 0 Å². The second-order valence-electron chi connectivity index (χ2n) is 4.95. The van der Waals surface area contributed by atoms with E-state index in [0.29, 0.717) is 5.92 Å². The van der Waals surface area contributed by atoms with Gasteiger partial charge in [0, 0.05) is 17.1 Å². The minimum absolute atomic E-state index is 0.597. The third-order valence-electron chi connectivity index (χ3n) is 3.67. The number of H-pyrrole nitrogens is 1. The van der Waals surface area contributed by atoms with Crippen LogP contribution in [0.2, 0.25) is 0 Å². The van der Waals surface area contributed by atoms with E-state index in [4.69, 9.17) is 0 Å². The van der Waals surface area contributed by atoms with E-state index in [1.807, 2.05) is 12.1 Å². The summed E-state index contributed by atoms with van der Waals surface area (Å²) in [6, 6.07) is 12.6. The number of hydrogen-bond donors (Lipinski definition) is 1. The lowest BCUT2D eigenvalue weighted by Gasteiger charge is -2.08. The van der Waals surface area contributed by atoms with Gasteiger partial charge in [-0.15, -0.1) is 5.10 Å². The smallest absolute Gasteiger partial charge is 0.109 e. The summed E-state index contributed by atoms with van der Waals surface area (Å²) in [7, 11) is 0. The van der Waals surface area contributed by atoms with Crippen molar-refractivity contribution < 1.29 is 0 Å². The molecule has 2 aromatic heterocycles. The van der Waals surface area contributed by atoms with Crippen molar-refractivity contribution >= 4 is 10.9 Å². The van der Waals surface area contributed by atoms with Gasteiger partial charge in [0.1, 0.15) is 5.69 Å². The second-order valence-corrected chi connectivity index (χ2v) is 4.95. The second kappa shape index (κ2) is 4.84. The first-order valence-electron chi connectivity index (χ1n) is 6.68. The van der Waals surface area contributed by atoms with Crippen LogP contribution in [0.3, 0.4) is 0 Å². The SMILES string of the molecule is CCC(C)c1ccc2[nH]c(-c3cccnn3)cc2c1. The van der Waals surface area contributed by atoms with Crippen LogP contribution in [-0.2, 0) is 0 Å². The zero-order valence-corrected chi connectivity index (χ0v) is 11.2. The van der Waals surface area contributed by atoms with E-state index in [1.165, 1.54) is 10.9 Å². The van der Waals surface area contributed by atoms with E-state index in [9.17, 15) is 0 Å². The zero-order valence-electron chi connectivity index (χ0n) is 11.2. The topological polar surface area (TPSA) is 41.6 Å². The van der Waals surface area contributed by atoms with Crippen LogP contribution in [-0.4, -0.2) is 15.2 Å². The molecular weight excluding hydrogens is 234 g/mol. The number of nitrogens with one attached hydrogen (secondary N) is 1. The van der Waals surface area contributed by atoms with Crippen LogP contribution in [0.15, 0.2) is 42.6 Å². The Hall–Kier alpha value is -2.16. The Kier molecular flexibility index (Phi) is 3.03. The lowest BCUT2D eigenvalue weighted by molar-refractivity contribution is 0.735. The molecule has 0 saturated carbocycles. The fourth-order valence-electron chi connectivity index (χ4n) is 2.28. The average molecular weight is 251 g/mol. The lowest BCUT2D eigenvalue weighted by atomic mass is 9.97. The maximum absolute atomic E-state index is 4.14. The maximum Gasteiger partial charge on any atom is 0.109 e. The van der Waals surface area contributed by atoms with Gasteiger partial charge < -0.3 is 4.98 Å². The van der Waals surface area contributed by atoms with Crippen molar-refractivity contribution in [3.8, 4) is 11.4 Å². The van der Waals surface area contributed by atoms with Gasteiger partial charge in [-0.1, -0.05) is 19.9 Å². The maximum atomic E-state index is 4.14. The number of fused-ring (bicyclic) bond motifs is 1. The van der Waals surface area contributed by atoms with E-state index in [2.05, 4.69) is 53.3 Å². The highest BCUT2D eigenvalue weighted by Gasteiger charge is 2.07. The molecule has 1 aromatic carbocycles. The molecule has 1 unspecified atom stereocenters. The third kappa shape index (κ3) is 2.24. The van der Waals surface area contributed by atoms with E-state index < -0.39 is 0 Å². The monoisotopic (exact) mass is 251 g/mol. The molecular formula is C16H17N3. The largest absolute Gasteiger partial charge is 0.353 e. The predicted octanol–water partition coefficient (Wildman–Crippen LogP) is 4.14. The van der Waals surface area contributed by atoms with Crippen LogP contribution in [0, 0.1) is 0 Å². The first-order valence-corrected chi connectivity index (χ1v) is 6.68. The van der Waals surface area contributed by atoms with Crippen LogP contribution in [0.25, 0.3) is 22.3 Å². The molecule has 0 aliphatic rings. The number of nitrogens with zero attached hydrogens (tertiary/aromatic N) is 2. The fraction of sp³-hybridized carbons (Fsp3) is 0.250. The summed E-state index contributed by atoms with van der Waals surface area (Å²) >= 11 is 0. The quantitative estimate of drug-likeness (QED) is 0.760. The van der Waals surface area contributed by atoms with E-state index >= 15 is 0 Å². The highest BCUT2D eigenvalue weighted by atomic mass is 15.1. The molecule has 0 aliphatic carbocycles. The molecule has 3 aromatic rings. The van der Waals surface area contributed by atoms with Gasteiger partial charge in [-0.2, -0.15) is 5.10 Å². The molecule has 0 spiro atoms. The molecule has 96 valence electrons. The predicted molar refractivity (Wildman–Crippen MR) is 78.0 cm³/mol. The van der Waals surface area contributed by atoms with Crippen LogP contribution >= 0.6 is 0 Å². The van der Waals surface area contributed by atoms with Crippen LogP contribution in [0.1, 0.15) is 31.7 Å². The molecule has 0 radical (unpaired) electrons. The Balaban J connectivity index is 2.06. The van der Waals surface area contributed by atoms with E-state index in [1.54, 1.807) is 6.20 Å². The summed E-state index contributed by atoms with van der Waals surface area (Å²) in [6.45, 7) is 4.48. The summed E-state index contributed by atoms with van der Waals surface area (Å²) in [5.41, 5.74) is 4.43. The van der Waals surface area contributed by atoms with Crippen molar-refractivity contribution in [1.29, 1.82) is 0 Å². The molecule has 1 N–H and O–H groups in total. The molecule has 0 amide bonds. The van der Waals surface area contributed by atoms with Crippen molar-refractivity contribution in [3.63, 3.8) is 0 Å². The molecule has 19 heavy (non-hydrogen) atoms. The molecule has 2 heterocycles. The van der Waals surface area contributed by atoms with E-state index in [0.717, 1.165) is 23.3 Å². The Morgan fingerprint density at radius 1 is 1.21 bits per heavy atom. The van der Waals surface area contributed by atoms with Gasteiger partial charge in [-0.3, -0.25) is 0 Å². The van der Waals surface area contributed by atoms with Crippen LogP contribution in [0.5, 0.6) is 0 Å². The Morgan fingerprint density at radius 2 is 2.11 bits per heavy atom. The van der Waals surface area contributed by atoms with Crippen molar-refractivity contribution in [2.45, 2.75) is 26.2 Å². The minimum atomic E-state index is 0.597. The average Bonchev–Trinajstić information content (AvgIpc) is 2.90. The van der Waals surface area contributed by atoms with Crippen LogP contribution in [0.4, 0.5) is 0 Å². The minimum Gasteiger partial charge on any atom is -0.353 e. The number of benzene rings is 1. The molecule has 1 atom stereocenters. The zero-order chi connectivity index (χ0) is 13.2. The van der Waals surface area contributed by atoms with Crippen LogP contribution < -0.4 is 0 Å². The van der Waals surface area contributed by atoms with Crippen molar-refractivity contribution in [2.24, 2.45) is 0 Å². The summed E-state index contributed by atoms with van der Waals surface area (Å²) in [4.78, 5) is 3.39. The van der Waals surface area contributed by atoms with Gasteiger partial charge in [-0.05, 0) is 48.2 Å². The molecule has 3 rings (SSSR count). The standard InChI is InChI=1S/C16H17N3/c1-3-11(2)12-6-7-14-13(9-12)10-16(18-14)15-5-4-8-17-19-15/h4-11,18H,3H2,1-2H3. The summed E-state index contributed by atoms with van der Waals surface area (Å²) < 4.78 is 0. The molecule has 0 fully saturated rings. The Bertz CT molecular complexity index is 686. The third-order valence-corrected chi connectivity index (χ3v) is 3.67. The summed E-state index contributed by atoms with van der Waals surface area (Å²) in [6.07, 6.45) is 2.85. The van der Waals surface area contributed by atoms with Gasteiger partial charge in [0.05, 0.1) is 5.69 Å². The Morgan fingerprint density at radius 3 is 2.84 bits per heavy atom. The molecule has 3 heteroatoms. The van der Waals surface area contributed by atoms with Crippen molar-refractivity contribution in [3.05, 3.63) is 48.2 Å². The molecule has 0 aliphatic heterocycles.